The van der Waals surface area contributed by atoms with E-state index in [1.807, 2.05) is 0 Å². The van der Waals surface area contributed by atoms with Crippen molar-refractivity contribution in [1.29, 1.82) is 0 Å². The van der Waals surface area contributed by atoms with Crippen LogP contribution in [0.25, 0.3) is 0 Å². The van der Waals surface area contributed by atoms with Gasteiger partial charge in [-0.25, -0.2) is 0 Å². The summed E-state index contributed by atoms with van der Waals surface area (Å²) in [5.74, 6) is 0. The van der Waals surface area contributed by atoms with E-state index < -0.39 is 0 Å². The van der Waals surface area contributed by atoms with E-state index in [0.29, 0.717) is 0 Å². The van der Waals surface area contributed by atoms with Crippen LogP contribution in [0.1, 0.15) is 13.3 Å². The molecule has 1 nitrogen and oxygen atoms in total. The third-order valence-corrected chi connectivity index (χ3v) is 2.36. The lowest BCUT2D eigenvalue weighted by molar-refractivity contribution is 0.852. The molecule has 0 aliphatic rings. The number of anilines is 1. The summed E-state index contributed by atoms with van der Waals surface area (Å²) in [7, 11) is 2.12. The van der Waals surface area contributed by atoms with Crippen LogP contribution >= 0.6 is 15.9 Å². The van der Waals surface area contributed by atoms with Crippen molar-refractivity contribution in [3.8, 4) is 0 Å². The van der Waals surface area contributed by atoms with Gasteiger partial charge in [-0.2, -0.15) is 0 Å². The van der Waals surface area contributed by atoms with Gasteiger partial charge in [0.15, 0.2) is 0 Å². The minimum atomic E-state index is 1.11. The van der Waals surface area contributed by atoms with E-state index >= 15 is 0 Å². The lowest BCUT2D eigenvalue weighted by Gasteiger charge is -2.17. The van der Waals surface area contributed by atoms with Crippen LogP contribution in [0.4, 0.5) is 5.69 Å². The van der Waals surface area contributed by atoms with Gasteiger partial charge in [-0.15, -0.1) is 0 Å². The van der Waals surface area contributed by atoms with Crippen molar-refractivity contribution >= 4 is 21.6 Å². The Morgan fingerprint density at radius 3 is 2.33 bits per heavy atom. The Morgan fingerprint density at radius 2 is 1.83 bits per heavy atom. The number of hydrogen-bond acceptors (Lipinski definition) is 1. The summed E-state index contributed by atoms with van der Waals surface area (Å²) in [6.07, 6.45) is 1.19. The zero-order valence-corrected chi connectivity index (χ0v) is 9.13. The van der Waals surface area contributed by atoms with Crippen LogP contribution in [0.15, 0.2) is 28.7 Å². The Bertz CT molecular complexity index is 230. The molecule has 2 heteroatoms. The molecule has 0 amide bonds. The van der Waals surface area contributed by atoms with Crippen LogP contribution in [0.5, 0.6) is 0 Å². The molecule has 1 rings (SSSR count). The molecule has 1 aromatic carbocycles. The first-order chi connectivity index (χ1) is 5.74. The third-order valence-electron chi connectivity index (χ3n) is 1.83. The second kappa shape index (κ2) is 4.51. The van der Waals surface area contributed by atoms with Crippen molar-refractivity contribution < 1.29 is 0 Å². The van der Waals surface area contributed by atoms with Crippen molar-refractivity contribution in [3.63, 3.8) is 0 Å². The number of nitrogens with zero attached hydrogens (tertiary/aromatic N) is 1. The fourth-order valence-electron chi connectivity index (χ4n) is 1.16. The van der Waals surface area contributed by atoms with Crippen molar-refractivity contribution in [2.75, 3.05) is 18.5 Å². The van der Waals surface area contributed by atoms with Crippen LogP contribution in [-0.2, 0) is 0 Å². The molecule has 0 fully saturated rings. The maximum Gasteiger partial charge on any atom is 0.0364 e. The molecule has 0 unspecified atom stereocenters. The smallest absolute Gasteiger partial charge is 0.0364 e. The summed E-state index contributed by atoms with van der Waals surface area (Å²) in [6, 6.07) is 8.39. The van der Waals surface area contributed by atoms with Gasteiger partial charge in [0, 0.05) is 23.8 Å². The van der Waals surface area contributed by atoms with E-state index in [0.717, 1.165) is 11.0 Å². The highest BCUT2D eigenvalue weighted by atomic mass is 79.9. The first-order valence-corrected chi connectivity index (χ1v) is 5.00. The Hall–Kier alpha value is -0.500. The first kappa shape index (κ1) is 9.59. The van der Waals surface area contributed by atoms with E-state index in [-0.39, 0.29) is 0 Å². The van der Waals surface area contributed by atoms with Gasteiger partial charge >= 0.3 is 0 Å². The van der Waals surface area contributed by atoms with Gasteiger partial charge in [0.1, 0.15) is 0 Å². The summed E-state index contributed by atoms with van der Waals surface area (Å²) in [5.41, 5.74) is 1.28. The molecule has 0 saturated heterocycles. The van der Waals surface area contributed by atoms with Crippen LogP contribution in [0, 0.1) is 0 Å². The second-order valence-electron chi connectivity index (χ2n) is 2.90. The van der Waals surface area contributed by atoms with E-state index in [1.54, 1.807) is 0 Å². The fourth-order valence-corrected chi connectivity index (χ4v) is 1.42. The highest BCUT2D eigenvalue weighted by Crippen LogP contribution is 2.16. The van der Waals surface area contributed by atoms with Crippen LogP contribution in [-0.4, -0.2) is 13.6 Å². The molecule has 1 aromatic rings. The highest BCUT2D eigenvalue weighted by Gasteiger charge is 1.97. The van der Waals surface area contributed by atoms with Gasteiger partial charge in [0.05, 0.1) is 0 Å². The largest absolute Gasteiger partial charge is 0.375 e. The molecular formula is C10H14BrN. The molecule has 0 heterocycles. The predicted molar refractivity (Wildman–Crippen MR) is 57.7 cm³/mol. The molecule has 0 aliphatic carbocycles. The average molecular weight is 228 g/mol. The van der Waals surface area contributed by atoms with E-state index in [4.69, 9.17) is 0 Å². The molecule has 0 aliphatic heterocycles. The Morgan fingerprint density at radius 1 is 1.25 bits per heavy atom. The normalized spacial score (nSPS) is 9.92. The zero-order valence-electron chi connectivity index (χ0n) is 7.55. The summed E-state index contributed by atoms with van der Waals surface area (Å²) in [5, 5.41) is 0. The van der Waals surface area contributed by atoms with Gasteiger partial charge < -0.3 is 4.90 Å². The SMILES string of the molecule is CCCN(C)c1ccc(Br)cc1. The van der Waals surface area contributed by atoms with Crippen molar-refractivity contribution in [3.05, 3.63) is 28.7 Å². The van der Waals surface area contributed by atoms with Crippen molar-refractivity contribution in [2.24, 2.45) is 0 Å². The summed E-state index contributed by atoms with van der Waals surface area (Å²) >= 11 is 3.42. The molecule has 66 valence electrons. The van der Waals surface area contributed by atoms with Gasteiger partial charge in [0.2, 0.25) is 0 Å². The van der Waals surface area contributed by atoms with Crippen LogP contribution in [0.2, 0.25) is 0 Å². The van der Waals surface area contributed by atoms with Crippen LogP contribution < -0.4 is 4.90 Å². The summed E-state index contributed by atoms with van der Waals surface area (Å²) in [6.45, 7) is 3.30. The predicted octanol–water partition coefficient (Wildman–Crippen LogP) is 3.30. The van der Waals surface area contributed by atoms with E-state index in [2.05, 4.69) is 59.1 Å². The Labute approximate surface area is 82.5 Å². The lowest BCUT2D eigenvalue weighted by atomic mass is 10.3. The molecule has 0 bridgehead atoms. The topological polar surface area (TPSA) is 3.24 Å². The van der Waals surface area contributed by atoms with Gasteiger partial charge in [-0.3, -0.25) is 0 Å². The number of halogens is 1. The monoisotopic (exact) mass is 227 g/mol. The quantitative estimate of drug-likeness (QED) is 0.767. The van der Waals surface area contributed by atoms with Gasteiger partial charge in [0.25, 0.3) is 0 Å². The first-order valence-electron chi connectivity index (χ1n) is 4.20. The average Bonchev–Trinajstić information content (AvgIpc) is 2.06. The number of rotatable bonds is 3. The second-order valence-corrected chi connectivity index (χ2v) is 3.81. The molecule has 0 atom stereocenters. The zero-order chi connectivity index (χ0) is 8.97. The standard InChI is InChI=1S/C10H14BrN/c1-3-8-12(2)10-6-4-9(11)5-7-10/h4-7H,3,8H2,1-2H3. The molecule has 0 N–H and O–H groups in total. The van der Waals surface area contributed by atoms with Crippen molar-refractivity contribution in [1.82, 2.24) is 0 Å². The summed E-state index contributed by atoms with van der Waals surface area (Å²) in [4.78, 5) is 2.26. The van der Waals surface area contributed by atoms with E-state index in [9.17, 15) is 0 Å². The molecule has 0 spiro atoms. The summed E-state index contributed by atoms with van der Waals surface area (Å²) < 4.78 is 1.14. The lowest BCUT2D eigenvalue weighted by Crippen LogP contribution is -2.17. The molecule has 0 radical (unpaired) electrons. The fraction of sp³-hybridized carbons (Fsp3) is 0.400. The molecule has 0 aromatic heterocycles. The minimum Gasteiger partial charge on any atom is -0.375 e. The number of hydrogen-bond donors (Lipinski definition) is 0. The molecular weight excluding hydrogens is 214 g/mol. The maximum atomic E-state index is 3.42. The molecule has 12 heavy (non-hydrogen) atoms. The maximum absolute atomic E-state index is 3.42. The Kier molecular flexibility index (Phi) is 3.60. The van der Waals surface area contributed by atoms with Crippen LogP contribution in [0.3, 0.4) is 0 Å². The molecule has 0 saturated carbocycles. The highest BCUT2D eigenvalue weighted by molar-refractivity contribution is 9.10. The third kappa shape index (κ3) is 2.52. The van der Waals surface area contributed by atoms with E-state index in [1.165, 1.54) is 12.1 Å². The van der Waals surface area contributed by atoms with Gasteiger partial charge in [-0.1, -0.05) is 22.9 Å². The number of benzene rings is 1. The Balaban J connectivity index is 2.68. The van der Waals surface area contributed by atoms with Gasteiger partial charge in [-0.05, 0) is 30.7 Å². The minimum absolute atomic E-state index is 1.11. The van der Waals surface area contributed by atoms with Crippen molar-refractivity contribution in [2.45, 2.75) is 13.3 Å².